The van der Waals surface area contributed by atoms with Crippen molar-refractivity contribution in [3.63, 3.8) is 0 Å². The molecule has 0 fully saturated rings. The highest BCUT2D eigenvalue weighted by atomic mass is 32.2. The highest BCUT2D eigenvalue weighted by molar-refractivity contribution is 7.99. The van der Waals surface area contributed by atoms with Gasteiger partial charge < -0.3 is 10.4 Å². The normalized spacial score (nSPS) is 13.8. The summed E-state index contributed by atoms with van der Waals surface area (Å²) in [6.07, 6.45) is 2.44. The van der Waals surface area contributed by atoms with Crippen molar-refractivity contribution in [2.45, 2.75) is 36.5 Å². The largest absolute Gasteiger partial charge is 0.395 e. The van der Waals surface area contributed by atoms with Gasteiger partial charge in [-0.25, -0.2) is 0 Å². The number of carbonyl (C=O) groups excluding carboxylic acids is 1. The molecule has 0 spiro atoms. The van der Waals surface area contributed by atoms with Crippen LogP contribution < -0.4 is 5.32 Å². The molecule has 2 unspecified atom stereocenters. The van der Waals surface area contributed by atoms with E-state index in [2.05, 4.69) is 36.5 Å². The van der Waals surface area contributed by atoms with E-state index in [0.29, 0.717) is 6.42 Å². The van der Waals surface area contributed by atoms with Crippen molar-refractivity contribution < 1.29 is 9.90 Å². The van der Waals surface area contributed by atoms with Gasteiger partial charge in [-0.3, -0.25) is 4.79 Å². The Morgan fingerprint density at radius 1 is 1.35 bits per heavy atom. The Labute approximate surface area is 129 Å². The van der Waals surface area contributed by atoms with Crippen LogP contribution in [0.15, 0.2) is 29.2 Å². The van der Waals surface area contributed by atoms with E-state index in [1.54, 1.807) is 23.5 Å². The first kappa shape index (κ1) is 17.4. The molecule has 1 aromatic rings. The molecule has 3 nitrogen and oxygen atoms in total. The lowest BCUT2D eigenvalue weighted by molar-refractivity contribution is -0.121. The van der Waals surface area contributed by atoms with Gasteiger partial charge in [0.05, 0.1) is 6.61 Å². The Hall–Kier alpha value is -0.650. The van der Waals surface area contributed by atoms with E-state index in [0.717, 1.165) is 5.75 Å². The summed E-state index contributed by atoms with van der Waals surface area (Å²) in [4.78, 5) is 13.0. The molecule has 0 heterocycles. The third-order valence-corrected chi connectivity index (χ3v) is 5.22. The summed E-state index contributed by atoms with van der Waals surface area (Å²) in [6, 6.07) is 8.31. The first-order valence-electron chi connectivity index (χ1n) is 6.69. The van der Waals surface area contributed by atoms with Gasteiger partial charge in [0, 0.05) is 28.4 Å². The Bertz CT molecular complexity index is 405. The molecule has 0 saturated heterocycles. The lowest BCUT2D eigenvalue weighted by Crippen LogP contribution is -2.41. The van der Waals surface area contributed by atoms with E-state index in [1.807, 2.05) is 13.2 Å². The number of hydrogen-bond donors (Lipinski definition) is 2. The number of carbonyl (C=O) groups is 1. The smallest absolute Gasteiger partial charge is 0.221 e. The molecule has 0 aliphatic rings. The van der Waals surface area contributed by atoms with E-state index in [9.17, 15) is 9.90 Å². The zero-order valence-electron chi connectivity index (χ0n) is 12.3. The fraction of sp³-hybridized carbons (Fsp3) is 0.533. The Kier molecular flexibility index (Phi) is 8.11. The first-order valence-corrected chi connectivity index (χ1v) is 8.96. The number of benzene rings is 1. The highest BCUT2D eigenvalue weighted by Gasteiger charge is 2.16. The minimum absolute atomic E-state index is 0.00752. The lowest BCUT2D eigenvalue weighted by atomic mass is 10.2. The molecular formula is C15H23NO2S2. The van der Waals surface area contributed by atoms with Crippen LogP contribution in [0, 0.1) is 6.92 Å². The predicted molar refractivity (Wildman–Crippen MR) is 88.5 cm³/mol. The average molecular weight is 313 g/mol. The predicted octanol–water partition coefficient (Wildman–Crippen LogP) is 2.71. The summed E-state index contributed by atoms with van der Waals surface area (Å²) in [6.45, 7) is 4.08. The average Bonchev–Trinajstić information content (AvgIpc) is 2.42. The molecule has 1 amide bonds. The van der Waals surface area contributed by atoms with Gasteiger partial charge in [-0.15, -0.1) is 11.8 Å². The second-order valence-electron chi connectivity index (χ2n) is 4.72. The summed E-state index contributed by atoms with van der Waals surface area (Å²) in [5.74, 6) is 0.814. The molecule has 2 atom stereocenters. The minimum Gasteiger partial charge on any atom is -0.395 e. The minimum atomic E-state index is -0.00752. The van der Waals surface area contributed by atoms with Crippen LogP contribution in [-0.2, 0) is 4.79 Å². The van der Waals surface area contributed by atoms with Gasteiger partial charge in [-0.2, -0.15) is 11.8 Å². The van der Waals surface area contributed by atoms with E-state index in [-0.39, 0.29) is 23.8 Å². The summed E-state index contributed by atoms with van der Waals surface area (Å²) in [5.41, 5.74) is 1.24. The monoisotopic (exact) mass is 313 g/mol. The van der Waals surface area contributed by atoms with Crippen LogP contribution in [0.4, 0.5) is 0 Å². The van der Waals surface area contributed by atoms with Crippen molar-refractivity contribution in [1.82, 2.24) is 5.32 Å². The number of hydrogen-bond acceptors (Lipinski definition) is 4. The van der Waals surface area contributed by atoms with Crippen molar-refractivity contribution in [2.75, 3.05) is 18.6 Å². The van der Waals surface area contributed by atoms with Crippen LogP contribution in [0.25, 0.3) is 0 Å². The molecule has 1 rings (SSSR count). The maximum absolute atomic E-state index is 11.8. The molecule has 0 aliphatic carbocycles. The highest BCUT2D eigenvalue weighted by Crippen LogP contribution is 2.19. The second kappa shape index (κ2) is 9.32. The third-order valence-electron chi connectivity index (χ3n) is 3.05. The van der Waals surface area contributed by atoms with Crippen LogP contribution in [0.3, 0.4) is 0 Å². The topological polar surface area (TPSA) is 49.3 Å². The van der Waals surface area contributed by atoms with Crippen LogP contribution in [-0.4, -0.2) is 40.9 Å². The molecule has 20 heavy (non-hydrogen) atoms. The molecule has 1 aromatic carbocycles. The molecule has 0 radical (unpaired) electrons. The first-order chi connectivity index (χ1) is 9.56. The molecular weight excluding hydrogens is 290 g/mol. The molecule has 5 heteroatoms. The van der Waals surface area contributed by atoms with Crippen LogP contribution in [0.1, 0.15) is 18.9 Å². The number of aliphatic hydroxyl groups excluding tert-OH is 1. The SMILES string of the molecule is CSC(CO)C(C)NC(=O)CCSc1ccc(C)cc1. The maximum atomic E-state index is 11.8. The number of aryl methyl sites for hydroxylation is 1. The second-order valence-corrected chi connectivity index (χ2v) is 6.97. The lowest BCUT2D eigenvalue weighted by Gasteiger charge is -2.21. The number of amides is 1. The Morgan fingerprint density at radius 3 is 2.55 bits per heavy atom. The number of rotatable bonds is 8. The van der Waals surface area contributed by atoms with Crippen molar-refractivity contribution in [2.24, 2.45) is 0 Å². The Morgan fingerprint density at radius 2 is 2.00 bits per heavy atom. The van der Waals surface area contributed by atoms with Gasteiger partial charge in [0.25, 0.3) is 0 Å². The van der Waals surface area contributed by atoms with Crippen molar-refractivity contribution in [3.05, 3.63) is 29.8 Å². The zero-order chi connectivity index (χ0) is 15.0. The van der Waals surface area contributed by atoms with Gasteiger partial charge in [-0.1, -0.05) is 17.7 Å². The standard InChI is InChI=1S/C15H23NO2S2/c1-11-4-6-13(7-5-11)20-9-8-15(18)16-12(2)14(10-17)19-3/h4-7,12,14,17H,8-10H2,1-3H3,(H,16,18). The van der Waals surface area contributed by atoms with E-state index < -0.39 is 0 Å². The van der Waals surface area contributed by atoms with Gasteiger partial charge in [-0.05, 0) is 32.2 Å². The number of aliphatic hydroxyl groups is 1. The fourth-order valence-corrected chi connectivity index (χ4v) is 3.23. The molecule has 0 saturated carbocycles. The third kappa shape index (κ3) is 6.20. The molecule has 112 valence electrons. The molecule has 2 N–H and O–H groups in total. The van der Waals surface area contributed by atoms with Gasteiger partial charge in [0.1, 0.15) is 0 Å². The quantitative estimate of drug-likeness (QED) is 0.725. The van der Waals surface area contributed by atoms with Crippen LogP contribution >= 0.6 is 23.5 Å². The van der Waals surface area contributed by atoms with E-state index >= 15 is 0 Å². The number of nitrogens with one attached hydrogen (secondary N) is 1. The van der Waals surface area contributed by atoms with Gasteiger partial charge >= 0.3 is 0 Å². The Balaban J connectivity index is 2.27. The van der Waals surface area contributed by atoms with Gasteiger partial charge in [0.2, 0.25) is 5.91 Å². The zero-order valence-corrected chi connectivity index (χ0v) is 13.9. The van der Waals surface area contributed by atoms with Crippen LogP contribution in [0.5, 0.6) is 0 Å². The molecule has 0 aliphatic heterocycles. The van der Waals surface area contributed by atoms with E-state index in [4.69, 9.17) is 0 Å². The van der Waals surface area contributed by atoms with Crippen molar-refractivity contribution in [1.29, 1.82) is 0 Å². The fourth-order valence-electron chi connectivity index (χ4n) is 1.75. The summed E-state index contributed by atoms with van der Waals surface area (Å²) in [7, 11) is 0. The molecule has 0 aromatic heterocycles. The van der Waals surface area contributed by atoms with E-state index in [1.165, 1.54) is 10.5 Å². The summed E-state index contributed by atoms with van der Waals surface area (Å²) >= 11 is 3.26. The molecule has 0 bridgehead atoms. The van der Waals surface area contributed by atoms with Gasteiger partial charge in [0.15, 0.2) is 0 Å². The summed E-state index contributed by atoms with van der Waals surface area (Å²) < 4.78 is 0. The maximum Gasteiger partial charge on any atom is 0.221 e. The van der Waals surface area contributed by atoms with Crippen molar-refractivity contribution >= 4 is 29.4 Å². The van der Waals surface area contributed by atoms with Crippen molar-refractivity contribution in [3.8, 4) is 0 Å². The van der Waals surface area contributed by atoms with Crippen LogP contribution in [0.2, 0.25) is 0 Å². The summed E-state index contributed by atoms with van der Waals surface area (Å²) in [5, 5.41) is 12.2. The number of thioether (sulfide) groups is 2.